The Bertz CT molecular complexity index is 1090. The molecule has 1 amide bonds. The Kier molecular flexibility index (Phi) is 6.96. The number of sulfonamides is 1. The van der Waals surface area contributed by atoms with Gasteiger partial charge in [-0.1, -0.05) is 18.2 Å². The highest BCUT2D eigenvalue weighted by molar-refractivity contribution is 7.92. The van der Waals surface area contributed by atoms with E-state index >= 15 is 0 Å². The van der Waals surface area contributed by atoms with Crippen LogP contribution in [0, 0.1) is 0 Å². The summed E-state index contributed by atoms with van der Waals surface area (Å²) in [4.78, 5) is 13.2. The lowest BCUT2D eigenvalue weighted by molar-refractivity contribution is -0.120. The maximum absolute atomic E-state index is 12.7. The first-order valence-electron chi connectivity index (χ1n) is 9.04. The molecule has 1 aromatic heterocycles. The number of ether oxygens (including phenoxy) is 2. The molecule has 0 aliphatic rings. The van der Waals surface area contributed by atoms with E-state index in [4.69, 9.17) is 9.47 Å². The number of anilines is 1. The van der Waals surface area contributed by atoms with Crippen LogP contribution < -0.4 is 19.5 Å². The van der Waals surface area contributed by atoms with E-state index in [1.165, 1.54) is 32.4 Å². The molecule has 0 atom stereocenters. The van der Waals surface area contributed by atoms with Gasteiger partial charge in [-0.25, -0.2) is 8.42 Å². The second-order valence-corrected chi connectivity index (χ2v) is 9.07. The molecular weight excluding hydrogens is 424 g/mol. The number of methoxy groups -OCH3 is 2. The molecule has 7 nitrogen and oxygen atoms in total. The standard InChI is InChI=1S/C21H22N2O5S2/c1-27-19-10-9-18(13-20(19)28-2)30(25,26)23-16-7-5-15(6-8-16)12-21(24)22-14-17-4-3-11-29-17/h3-11,13,23H,12,14H2,1-2H3,(H,22,24). The number of benzene rings is 2. The first-order valence-corrected chi connectivity index (χ1v) is 11.4. The van der Waals surface area contributed by atoms with E-state index in [1.807, 2.05) is 17.5 Å². The third-order valence-electron chi connectivity index (χ3n) is 4.28. The molecule has 0 bridgehead atoms. The Morgan fingerprint density at radius 3 is 2.37 bits per heavy atom. The molecular formula is C21H22N2O5S2. The lowest BCUT2D eigenvalue weighted by Gasteiger charge is -2.12. The van der Waals surface area contributed by atoms with E-state index in [2.05, 4.69) is 10.0 Å². The first kappa shape index (κ1) is 21.7. The molecule has 1 heterocycles. The second kappa shape index (κ2) is 9.64. The Morgan fingerprint density at radius 1 is 1.00 bits per heavy atom. The number of hydrogen-bond acceptors (Lipinski definition) is 6. The molecule has 2 N–H and O–H groups in total. The topological polar surface area (TPSA) is 93.7 Å². The van der Waals surface area contributed by atoms with E-state index < -0.39 is 10.0 Å². The summed E-state index contributed by atoms with van der Waals surface area (Å²) in [6, 6.07) is 15.0. The molecule has 30 heavy (non-hydrogen) atoms. The monoisotopic (exact) mass is 446 g/mol. The average molecular weight is 447 g/mol. The van der Waals surface area contributed by atoms with E-state index in [0.717, 1.165) is 10.4 Å². The largest absolute Gasteiger partial charge is 0.493 e. The average Bonchev–Trinajstić information content (AvgIpc) is 3.26. The fraction of sp³-hybridized carbons (Fsp3) is 0.190. The minimum absolute atomic E-state index is 0.0529. The number of carbonyl (C=O) groups excluding carboxylic acids is 1. The predicted octanol–water partition coefficient (Wildman–Crippen LogP) is 3.43. The molecule has 0 aliphatic carbocycles. The summed E-state index contributed by atoms with van der Waals surface area (Å²) < 4.78 is 38.1. The van der Waals surface area contributed by atoms with E-state index in [1.54, 1.807) is 35.6 Å². The van der Waals surface area contributed by atoms with Gasteiger partial charge < -0.3 is 14.8 Å². The summed E-state index contributed by atoms with van der Waals surface area (Å²) in [7, 11) is -0.882. The number of hydrogen-bond donors (Lipinski definition) is 2. The number of nitrogens with one attached hydrogen (secondary N) is 2. The molecule has 0 aliphatic heterocycles. The van der Waals surface area contributed by atoms with Crippen molar-refractivity contribution >= 4 is 33.0 Å². The van der Waals surface area contributed by atoms with Crippen molar-refractivity contribution in [3.8, 4) is 11.5 Å². The quantitative estimate of drug-likeness (QED) is 0.525. The highest BCUT2D eigenvalue weighted by atomic mass is 32.2. The van der Waals surface area contributed by atoms with Gasteiger partial charge in [0.15, 0.2) is 11.5 Å². The van der Waals surface area contributed by atoms with Gasteiger partial charge in [-0.15, -0.1) is 11.3 Å². The van der Waals surface area contributed by atoms with Crippen LogP contribution in [0.2, 0.25) is 0 Å². The van der Waals surface area contributed by atoms with Crippen LogP contribution in [0.3, 0.4) is 0 Å². The summed E-state index contributed by atoms with van der Waals surface area (Å²) in [5, 5.41) is 4.83. The van der Waals surface area contributed by atoms with Crippen LogP contribution in [0.1, 0.15) is 10.4 Å². The lowest BCUT2D eigenvalue weighted by Crippen LogP contribution is -2.24. The maximum atomic E-state index is 12.7. The van der Waals surface area contributed by atoms with E-state index in [9.17, 15) is 13.2 Å². The van der Waals surface area contributed by atoms with Crippen molar-refractivity contribution in [3.63, 3.8) is 0 Å². The molecule has 0 saturated carbocycles. The Labute approximate surface area is 179 Å². The predicted molar refractivity (Wildman–Crippen MR) is 117 cm³/mol. The van der Waals surface area contributed by atoms with Crippen LogP contribution in [-0.2, 0) is 27.8 Å². The van der Waals surface area contributed by atoms with Gasteiger partial charge in [0.1, 0.15) is 0 Å². The molecule has 0 radical (unpaired) electrons. The van der Waals surface area contributed by atoms with Crippen LogP contribution in [-0.4, -0.2) is 28.5 Å². The molecule has 158 valence electrons. The smallest absolute Gasteiger partial charge is 0.262 e. The van der Waals surface area contributed by atoms with Crippen molar-refractivity contribution < 1.29 is 22.7 Å². The van der Waals surface area contributed by atoms with Crippen LogP contribution in [0.5, 0.6) is 11.5 Å². The van der Waals surface area contributed by atoms with Crippen LogP contribution in [0.25, 0.3) is 0 Å². The molecule has 3 rings (SSSR count). The van der Waals surface area contributed by atoms with Gasteiger partial charge in [0.2, 0.25) is 5.91 Å². The first-order chi connectivity index (χ1) is 14.4. The maximum Gasteiger partial charge on any atom is 0.262 e. The summed E-state index contributed by atoms with van der Waals surface area (Å²) in [6.07, 6.45) is 0.216. The zero-order chi connectivity index (χ0) is 21.6. The van der Waals surface area contributed by atoms with E-state index in [-0.39, 0.29) is 17.2 Å². The minimum Gasteiger partial charge on any atom is -0.493 e. The van der Waals surface area contributed by atoms with Crippen molar-refractivity contribution in [2.45, 2.75) is 17.9 Å². The third-order valence-corrected chi connectivity index (χ3v) is 6.53. The second-order valence-electron chi connectivity index (χ2n) is 6.35. The highest BCUT2D eigenvalue weighted by Crippen LogP contribution is 2.30. The fourth-order valence-electron chi connectivity index (χ4n) is 2.74. The van der Waals surface area contributed by atoms with Gasteiger partial charge in [-0.3, -0.25) is 9.52 Å². The van der Waals surface area contributed by atoms with Crippen LogP contribution >= 0.6 is 11.3 Å². The van der Waals surface area contributed by atoms with Crippen molar-refractivity contribution in [3.05, 3.63) is 70.4 Å². The SMILES string of the molecule is COc1ccc(S(=O)(=O)Nc2ccc(CC(=O)NCc3cccs3)cc2)cc1OC. The van der Waals surface area contributed by atoms with Gasteiger partial charge in [0.05, 0.1) is 32.1 Å². The van der Waals surface area contributed by atoms with Gasteiger partial charge in [0, 0.05) is 16.6 Å². The molecule has 0 fully saturated rings. The van der Waals surface area contributed by atoms with Gasteiger partial charge >= 0.3 is 0 Å². The van der Waals surface area contributed by atoms with Crippen molar-refractivity contribution in [2.24, 2.45) is 0 Å². The summed E-state index contributed by atoms with van der Waals surface area (Å²) in [6.45, 7) is 0.500. The molecule has 0 spiro atoms. The molecule has 0 unspecified atom stereocenters. The third kappa shape index (κ3) is 5.52. The molecule has 2 aromatic carbocycles. The zero-order valence-electron chi connectivity index (χ0n) is 16.5. The van der Waals surface area contributed by atoms with Gasteiger partial charge in [-0.05, 0) is 41.3 Å². The van der Waals surface area contributed by atoms with Crippen LogP contribution in [0.15, 0.2) is 64.9 Å². The number of amides is 1. The highest BCUT2D eigenvalue weighted by Gasteiger charge is 2.17. The van der Waals surface area contributed by atoms with Crippen molar-refractivity contribution in [1.29, 1.82) is 0 Å². The minimum atomic E-state index is -3.80. The Balaban J connectivity index is 1.62. The van der Waals surface area contributed by atoms with Gasteiger partial charge in [-0.2, -0.15) is 0 Å². The van der Waals surface area contributed by atoms with Crippen LogP contribution in [0.4, 0.5) is 5.69 Å². The Morgan fingerprint density at radius 2 is 1.73 bits per heavy atom. The summed E-state index contributed by atoms with van der Waals surface area (Å²) in [5.74, 6) is 0.671. The molecule has 3 aromatic rings. The Hall–Kier alpha value is -3.04. The lowest BCUT2D eigenvalue weighted by atomic mass is 10.1. The summed E-state index contributed by atoms with van der Waals surface area (Å²) in [5.41, 5.74) is 1.18. The number of carbonyl (C=O) groups is 1. The molecule has 9 heteroatoms. The number of rotatable bonds is 9. The zero-order valence-corrected chi connectivity index (χ0v) is 18.2. The molecule has 0 saturated heterocycles. The number of thiophene rings is 1. The van der Waals surface area contributed by atoms with Crippen molar-refractivity contribution in [2.75, 3.05) is 18.9 Å². The van der Waals surface area contributed by atoms with Crippen molar-refractivity contribution in [1.82, 2.24) is 5.32 Å². The normalized spacial score (nSPS) is 11.0. The fourth-order valence-corrected chi connectivity index (χ4v) is 4.45. The van der Waals surface area contributed by atoms with Gasteiger partial charge in [0.25, 0.3) is 10.0 Å². The van der Waals surface area contributed by atoms with E-state index in [0.29, 0.717) is 23.7 Å². The summed E-state index contributed by atoms with van der Waals surface area (Å²) >= 11 is 1.59.